The molecule has 0 heterocycles. The van der Waals surface area contributed by atoms with Crippen LogP contribution in [0, 0.1) is 17.2 Å². The van der Waals surface area contributed by atoms with E-state index in [9.17, 15) is 10.1 Å². The summed E-state index contributed by atoms with van der Waals surface area (Å²) in [5.41, 5.74) is 1.60. The Labute approximate surface area is 187 Å². The zero-order valence-corrected chi connectivity index (χ0v) is 18.3. The van der Waals surface area contributed by atoms with Gasteiger partial charge in [0.1, 0.15) is 6.61 Å². The van der Waals surface area contributed by atoms with Crippen molar-refractivity contribution in [3.63, 3.8) is 0 Å². The highest BCUT2D eigenvalue weighted by molar-refractivity contribution is 5.81. The van der Waals surface area contributed by atoms with Crippen LogP contribution in [0.5, 0.6) is 0 Å². The van der Waals surface area contributed by atoms with Gasteiger partial charge in [-0.1, -0.05) is 99.0 Å². The number of ether oxygens (including phenoxy) is 1. The second-order valence-electron chi connectivity index (χ2n) is 7.81. The highest BCUT2D eigenvalue weighted by Crippen LogP contribution is 2.44. The van der Waals surface area contributed by atoms with E-state index < -0.39 is 17.3 Å². The Morgan fingerprint density at radius 2 is 1.48 bits per heavy atom. The molecular weight excluding hydrogens is 382 g/mol. The van der Waals surface area contributed by atoms with Crippen LogP contribution < -0.4 is 0 Å². The van der Waals surface area contributed by atoms with Gasteiger partial charge in [-0.25, -0.2) is 4.79 Å². The molecule has 162 valence electrons. The Balaban J connectivity index is 2.37. The molecule has 2 aromatic carbocycles. The van der Waals surface area contributed by atoms with Crippen molar-refractivity contribution in [1.82, 2.24) is 0 Å². The number of nitriles is 1. The van der Waals surface area contributed by atoms with Crippen molar-refractivity contribution in [2.45, 2.75) is 50.4 Å². The van der Waals surface area contributed by atoms with Crippen molar-refractivity contribution in [1.29, 1.82) is 5.26 Å². The van der Waals surface area contributed by atoms with Crippen LogP contribution in [-0.4, -0.2) is 12.6 Å². The summed E-state index contributed by atoms with van der Waals surface area (Å²) >= 11 is 0. The molecule has 0 spiro atoms. The van der Waals surface area contributed by atoms with Gasteiger partial charge in [-0.05, 0) is 30.4 Å². The van der Waals surface area contributed by atoms with Crippen LogP contribution in [0.15, 0.2) is 86.0 Å². The predicted octanol–water partition coefficient (Wildman–Crippen LogP) is 6.76. The number of allylic oxidation sites excluding steroid dienone is 1. The molecule has 0 fully saturated rings. The van der Waals surface area contributed by atoms with E-state index in [1.165, 1.54) is 12.8 Å². The molecule has 0 aromatic heterocycles. The highest BCUT2D eigenvalue weighted by Gasteiger charge is 2.42. The molecule has 0 radical (unpaired) electrons. The average molecular weight is 416 g/mol. The van der Waals surface area contributed by atoms with Crippen molar-refractivity contribution in [3.8, 4) is 6.07 Å². The first-order valence-electron chi connectivity index (χ1n) is 11.1. The Bertz CT molecular complexity index is 812. The topological polar surface area (TPSA) is 50.1 Å². The quantitative estimate of drug-likeness (QED) is 0.148. The molecule has 0 aliphatic rings. The maximum atomic E-state index is 11.8. The van der Waals surface area contributed by atoms with E-state index in [2.05, 4.69) is 43.5 Å². The molecule has 0 saturated heterocycles. The molecule has 2 rings (SSSR count). The van der Waals surface area contributed by atoms with Gasteiger partial charge in [0.2, 0.25) is 0 Å². The first kappa shape index (κ1) is 24.2. The third-order valence-corrected chi connectivity index (χ3v) is 5.87. The zero-order valence-electron chi connectivity index (χ0n) is 18.3. The maximum absolute atomic E-state index is 11.8. The minimum Gasteiger partial charge on any atom is -0.461 e. The van der Waals surface area contributed by atoms with E-state index in [4.69, 9.17) is 4.74 Å². The van der Waals surface area contributed by atoms with E-state index in [1.807, 2.05) is 42.5 Å². The molecule has 1 unspecified atom stereocenters. The number of carbonyl (C=O) groups excluding carboxylic acids is 1. The number of unbranched alkanes of at least 4 members (excludes halogenated alkanes) is 5. The van der Waals surface area contributed by atoms with Crippen LogP contribution in [0.1, 0.15) is 56.1 Å². The summed E-state index contributed by atoms with van der Waals surface area (Å²) in [7, 11) is 0. The van der Waals surface area contributed by atoms with Gasteiger partial charge in [-0.3, -0.25) is 0 Å². The summed E-state index contributed by atoms with van der Waals surface area (Å²) in [5.74, 6) is -1.01. The van der Waals surface area contributed by atoms with Crippen molar-refractivity contribution >= 4 is 5.97 Å². The van der Waals surface area contributed by atoms with Gasteiger partial charge in [0.05, 0.1) is 12.0 Å². The molecule has 3 heteroatoms. The van der Waals surface area contributed by atoms with Crippen LogP contribution in [0.2, 0.25) is 0 Å². The summed E-state index contributed by atoms with van der Waals surface area (Å²) in [5, 5.41) is 10.2. The lowest BCUT2D eigenvalue weighted by Crippen LogP contribution is -2.39. The lowest BCUT2D eigenvalue weighted by atomic mass is 9.63. The lowest BCUT2D eigenvalue weighted by Gasteiger charge is -2.39. The SMILES string of the molecule is C=CCCCCCCCC(c1ccccc1)(c1ccccc1)C(C#N)COC(=O)C=C. The molecular formula is C28H33NO2. The highest BCUT2D eigenvalue weighted by atomic mass is 16.5. The monoisotopic (exact) mass is 415 g/mol. The molecule has 31 heavy (non-hydrogen) atoms. The first-order valence-corrected chi connectivity index (χ1v) is 11.1. The smallest absolute Gasteiger partial charge is 0.330 e. The molecule has 0 amide bonds. The minimum absolute atomic E-state index is 0.0322. The first-order chi connectivity index (χ1) is 15.2. The Kier molecular flexibility index (Phi) is 10.3. The van der Waals surface area contributed by atoms with Crippen molar-refractivity contribution in [3.05, 3.63) is 97.1 Å². The summed E-state index contributed by atoms with van der Waals surface area (Å²) in [6.07, 6.45) is 10.6. The fourth-order valence-corrected chi connectivity index (χ4v) is 4.24. The van der Waals surface area contributed by atoms with Crippen molar-refractivity contribution < 1.29 is 9.53 Å². The minimum atomic E-state index is -0.556. The van der Waals surface area contributed by atoms with Crippen LogP contribution in [0.4, 0.5) is 0 Å². The van der Waals surface area contributed by atoms with Crippen molar-refractivity contribution in [2.75, 3.05) is 6.61 Å². The van der Waals surface area contributed by atoms with Crippen LogP contribution in [-0.2, 0) is 14.9 Å². The molecule has 1 atom stereocenters. The molecule has 0 saturated carbocycles. The van der Waals surface area contributed by atoms with E-state index in [1.54, 1.807) is 0 Å². The zero-order chi connectivity index (χ0) is 22.4. The fourth-order valence-electron chi connectivity index (χ4n) is 4.24. The van der Waals surface area contributed by atoms with Gasteiger partial charge in [-0.15, -0.1) is 6.58 Å². The molecule has 0 N–H and O–H groups in total. The van der Waals surface area contributed by atoms with E-state index in [-0.39, 0.29) is 6.61 Å². The number of carbonyl (C=O) groups is 1. The second-order valence-corrected chi connectivity index (χ2v) is 7.81. The predicted molar refractivity (Wildman–Crippen MR) is 126 cm³/mol. The lowest BCUT2D eigenvalue weighted by molar-refractivity contribution is -0.139. The standard InChI is InChI=1S/C28H33NO2/c1-3-5-6-7-8-9-16-21-28(24-17-12-10-13-18-24,25-19-14-11-15-20-25)26(22-29)23-31-27(30)4-2/h3-4,10-15,17-20,26H,1-2,5-9,16,21,23H2. The van der Waals surface area contributed by atoms with Crippen molar-refractivity contribution in [2.24, 2.45) is 5.92 Å². The number of hydrogen-bond acceptors (Lipinski definition) is 3. The Morgan fingerprint density at radius 3 is 2.00 bits per heavy atom. The molecule has 0 aliphatic carbocycles. The fraction of sp³-hybridized carbons (Fsp3) is 0.357. The van der Waals surface area contributed by atoms with Crippen LogP contribution in [0.25, 0.3) is 0 Å². The number of esters is 1. The van der Waals surface area contributed by atoms with Gasteiger partial charge >= 0.3 is 5.97 Å². The number of nitrogens with zero attached hydrogens (tertiary/aromatic N) is 1. The summed E-state index contributed by atoms with van der Waals surface area (Å²) < 4.78 is 5.38. The molecule has 0 aliphatic heterocycles. The van der Waals surface area contributed by atoms with E-state index in [0.29, 0.717) is 0 Å². The number of rotatable bonds is 14. The van der Waals surface area contributed by atoms with E-state index >= 15 is 0 Å². The Hall–Kier alpha value is -3.12. The second kappa shape index (κ2) is 13.2. The summed E-state index contributed by atoms with van der Waals surface area (Å²) in [4.78, 5) is 11.8. The third kappa shape index (κ3) is 6.69. The van der Waals surface area contributed by atoms with Gasteiger partial charge in [-0.2, -0.15) is 5.26 Å². The maximum Gasteiger partial charge on any atom is 0.330 e. The number of benzene rings is 2. The van der Waals surface area contributed by atoms with Crippen LogP contribution >= 0.6 is 0 Å². The molecule has 2 aromatic rings. The van der Waals surface area contributed by atoms with Gasteiger partial charge in [0, 0.05) is 11.5 Å². The van der Waals surface area contributed by atoms with Crippen LogP contribution in [0.3, 0.4) is 0 Å². The van der Waals surface area contributed by atoms with Gasteiger partial charge < -0.3 is 4.74 Å². The number of hydrogen-bond donors (Lipinski definition) is 0. The average Bonchev–Trinajstić information content (AvgIpc) is 2.83. The summed E-state index contributed by atoms with van der Waals surface area (Å²) in [6, 6.07) is 22.8. The van der Waals surface area contributed by atoms with E-state index in [0.717, 1.165) is 49.3 Å². The Morgan fingerprint density at radius 1 is 0.935 bits per heavy atom. The van der Waals surface area contributed by atoms with Gasteiger partial charge in [0.15, 0.2) is 0 Å². The largest absolute Gasteiger partial charge is 0.461 e. The third-order valence-electron chi connectivity index (χ3n) is 5.87. The summed E-state index contributed by atoms with van der Waals surface area (Å²) in [6.45, 7) is 7.29. The molecule has 3 nitrogen and oxygen atoms in total. The van der Waals surface area contributed by atoms with Gasteiger partial charge in [0.25, 0.3) is 0 Å². The normalized spacial score (nSPS) is 11.8. The molecule has 0 bridgehead atoms.